The number of hydrogen-bond donors (Lipinski definition) is 0. The van der Waals surface area contributed by atoms with Gasteiger partial charge in [-0.3, -0.25) is 0 Å². The van der Waals surface area contributed by atoms with E-state index >= 15 is 0 Å². The second-order valence-corrected chi connectivity index (χ2v) is 3.08. The first-order chi connectivity index (χ1) is 4.70. The molecular formula is C7H4BrKOS. The Morgan fingerprint density at radius 1 is 1.27 bits per heavy atom. The largest absolute Gasteiger partial charge is 1.00 e. The summed E-state index contributed by atoms with van der Waals surface area (Å²) < 4.78 is 0.951. The topological polar surface area (TPSA) is 23.1 Å². The van der Waals surface area contributed by atoms with E-state index < -0.39 is 0 Å². The standard InChI is InChI=1S/C7H5BrOS.K/c8-6-3-1-5(2-4-6)7(9)10;/h1-4H,(H,9,10);/q;+1/p-1. The number of thiocarbonyl (C=S) groups is 1. The van der Waals surface area contributed by atoms with Crippen LogP contribution in [0.3, 0.4) is 0 Å². The summed E-state index contributed by atoms with van der Waals surface area (Å²) in [6, 6.07) is 6.97. The predicted octanol–water partition coefficient (Wildman–Crippen LogP) is -1.51. The molecule has 1 nitrogen and oxygen atoms in total. The summed E-state index contributed by atoms with van der Waals surface area (Å²) in [6.45, 7) is 0. The van der Waals surface area contributed by atoms with Crippen molar-refractivity contribution in [2.24, 2.45) is 0 Å². The van der Waals surface area contributed by atoms with Crippen LogP contribution < -0.4 is 56.5 Å². The monoisotopic (exact) mass is 254 g/mol. The number of halogens is 1. The normalized spacial score (nSPS) is 8.45. The number of rotatable bonds is 1. The molecule has 0 unspecified atom stereocenters. The first-order valence-electron chi connectivity index (χ1n) is 2.67. The molecule has 0 radical (unpaired) electrons. The van der Waals surface area contributed by atoms with Gasteiger partial charge in [0, 0.05) is 4.47 Å². The van der Waals surface area contributed by atoms with Gasteiger partial charge in [0.05, 0.1) is 0 Å². The first-order valence-corrected chi connectivity index (χ1v) is 3.87. The quantitative estimate of drug-likeness (QED) is 0.450. The molecule has 0 spiro atoms. The Bertz CT molecular complexity index is 247. The van der Waals surface area contributed by atoms with Crippen molar-refractivity contribution >= 4 is 33.2 Å². The van der Waals surface area contributed by atoms with Gasteiger partial charge in [-0.25, -0.2) is 0 Å². The van der Waals surface area contributed by atoms with Crippen LogP contribution in [-0.2, 0) is 0 Å². The molecule has 1 aromatic rings. The van der Waals surface area contributed by atoms with Crippen LogP contribution in [0, 0.1) is 0 Å². The van der Waals surface area contributed by atoms with Crippen LogP contribution in [0.15, 0.2) is 28.7 Å². The summed E-state index contributed by atoms with van der Waals surface area (Å²) >= 11 is 7.68. The fraction of sp³-hybridized carbons (Fsp3) is 0. The third-order valence-corrected chi connectivity index (χ3v) is 1.84. The summed E-state index contributed by atoms with van der Waals surface area (Å²) in [5.74, 6) is 0. The van der Waals surface area contributed by atoms with Gasteiger partial charge in [-0.1, -0.05) is 40.3 Å². The average Bonchev–Trinajstić information content (AvgIpc) is 1.88. The molecule has 4 heteroatoms. The molecule has 1 aromatic carbocycles. The van der Waals surface area contributed by atoms with E-state index in [1.165, 1.54) is 0 Å². The fourth-order valence-electron chi connectivity index (χ4n) is 0.586. The second kappa shape index (κ2) is 5.80. The zero-order valence-electron chi connectivity index (χ0n) is 6.00. The summed E-state index contributed by atoms with van der Waals surface area (Å²) in [4.78, 5) is 0. The smallest absolute Gasteiger partial charge is 0.864 e. The van der Waals surface area contributed by atoms with Gasteiger partial charge in [0.25, 0.3) is 0 Å². The van der Waals surface area contributed by atoms with Crippen molar-refractivity contribution in [3.8, 4) is 0 Å². The Balaban J connectivity index is 0.000001000. The van der Waals surface area contributed by atoms with Crippen LogP contribution in [0.2, 0.25) is 0 Å². The van der Waals surface area contributed by atoms with Gasteiger partial charge in [-0.05, 0) is 22.7 Å². The molecule has 0 heterocycles. The van der Waals surface area contributed by atoms with E-state index in [0.717, 1.165) is 4.47 Å². The fourth-order valence-corrected chi connectivity index (χ4v) is 0.986. The maximum Gasteiger partial charge on any atom is 1.00 e. The van der Waals surface area contributed by atoms with Gasteiger partial charge >= 0.3 is 51.4 Å². The molecule has 0 N–H and O–H groups in total. The summed E-state index contributed by atoms with van der Waals surface area (Å²) in [5, 5.41) is 10.2. The van der Waals surface area contributed by atoms with Gasteiger partial charge in [0.2, 0.25) is 0 Å². The summed E-state index contributed by atoms with van der Waals surface area (Å²) in [6.07, 6.45) is 0. The van der Waals surface area contributed by atoms with Gasteiger partial charge in [-0.15, -0.1) is 0 Å². The molecule has 11 heavy (non-hydrogen) atoms. The van der Waals surface area contributed by atoms with E-state index in [1.807, 2.05) is 0 Å². The molecule has 1 rings (SSSR count). The molecule has 0 saturated heterocycles. The van der Waals surface area contributed by atoms with Crippen LogP contribution >= 0.6 is 28.1 Å². The summed E-state index contributed by atoms with van der Waals surface area (Å²) in [7, 11) is 0. The van der Waals surface area contributed by atoms with Crippen LogP contribution in [0.5, 0.6) is 0 Å². The Morgan fingerprint density at radius 2 is 1.73 bits per heavy atom. The van der Waals surface area contributed by atoms with Gasteiger partial charge < -0.3 is 5.11 Å². The minimum absolute atomic E-state index is 0. The van der Waals surface area contributed by atoms with E-state index in [-0.39, 0.29) is 56.4 Å². The van der Waals surface area contributed by atoms with Crippen LogP contribution in [0.25, 0.3) is 0 Å². The third kappa shape index (κ3) is 4.12. The minimum Gasteiger partial charge on any atom is -0.864 e. The third-order valence-electron chi connectivity index (χ3n) is 1.08. The zero-order chi connectivity index (χ0) is 7.56. The molecule has 0 aliphatic rings. The number of benzene rings is 1. The molecule has 0 atom stereocenters. The van der Waals surface area contributed by atoms with Crippen molar-refractivity contribution in [3.05, 3.63) is 34.3 Å². The molecule has 0 fully saturated rings. The molecule has 0 aromatic heterocycles. The molecule has 0 aliphatic heterocycles. The number of hydrogen-bond acceptors (Lipinski definition) is 2. The molecule has 0 saturated carbocycles. The van der Waals surface area contributed by atoms with Crippen LogP contribution in [-0.4, -0.2) is 5.05 Å². The van der Waals surface area contributed by atoms with Gasteiger partial charge in [0.15, 0.2) is 0 Å². The Labute approximate surface area is 122 Å². The van der Waals surface area contributed by atoms with E-state index in [9.17, 15) is 5.11 Å². The SMILES string of the molecule is [K+].[O-]C(=S)c1ccc(Br)cc1. The first kappa shape index (κ1) is 12.2. The molecule has 0 aliphatic carbocycles. The van der Waals surface area contributed by atoms with Crippen molar-refractivity contribution in [2.45, 2.75) is 0 Å². The van der Waals surface area contributed by atoms with Gasteiger partial charge in [0.1, 0.15) is 0 Å². The van der Waals surface area contributed by atoms with E-state index in [2.05, 4.69) is 28.1 Å². The predicted molar refractivity (Wildman–Crippen MR) is 45.8 cm³/mol. The Hall–Kier alpha value is 1.23. The average molecular weight is 255 g/mol. The Morgan fingerprint density at radius 3 is 2.09 bits per heavy atom. The summed E-state index contributed by atoms with van der Waals surface area (Å²) in [5.41, 5.74) is 0.568. The molecule has 52 valence electrons. The van der Waals surface area contributed by atoms with Crippen LogP contribution in [0.4, 0.5) is 0 Å². The maximum atomic E-state index is 10.6. The molecular weight excluding hydrogens is 251 g/mol. The minimum atomic E-state index is -0.312. The van der Waals surface area contributed by atoms with E-state index in [4.69, 9.17) is 0 Å². The van der Waals surface area contributed by atoms with Crippen LogP contribution in [0.1, 0.15) is 5.56 Å². The molecule has 0 amide bonds. The van der Waals surface area contributed by atoms with Crippen molar-refractivity contribution < 1.29 is 56.5 Å². The van der Waals surface area contributed by atoms with Gasteiger partial charge in [-0.2, -0.15) is 0 Å². The van der Waals surface area contributed by atoms with Crippen molar-refractivity contribution in [2.75, 3.05) is 0 Å². The second-order valence-electron chi connectivity index (χ2n) is 1.79. The van der Waals surface area contributed by atoms with Crippen molar-refractivity contribution in [1.82, 2.24) is 0 Å². The van der Waals surface area contributed by atoms with E-state index in [0.29, 0.717) is 5.56 Å². The maximum absolute atomic E-state index is 10.6. The van der Waals surface area contributed by atoms with Crippen molar-refractivity contribution in [1.29, 1.82) is 0 Å². The Kier molecular flexibility index (Phi) is 6.45. The zero-order valence-corrected chi connectivity index (χ0v) is 11.5. The van der Waals surface area contributed by atoms with Crippen molar-refractivity contribution in [3.63, 3.8) is 0 Å². The molecule has 0 bridgehead atoms. The van der Waals surface area contributed by atoms with E-state index in [1.54, 1.807) is 24.3 Å².